The molecule has 0 bridgehead atoms. The lowest BCUT2D eigenvalue weighted by molar-refractivity contribution is 0.0937. The van der Waals surface area contributed by atoms with Crippen molar-refractivity contribution in [2.45, 2.75) is 19.8 Å². The Bertz CT molecular complexity index is 695. The molecule has 2 aromatic rings. The van der Waals surface area contributed by atoms with Crippen molar-refractivity contribution in [1.29, 1.82) is 0 Å². The lowest BCUT2D eigenvalue weighted by Crippen LogP contribution is -2.12. The molecule has 2 rings (SSSR count). The van der Waals surface area contributed by atoms with Crippen LogP contribution < -0.4 is 0 Å². The van der Waals surface area contributed by atoms with Crippen molar-refractivity contribution < 1.29 is 24.9 Å². The number of hydrogen-bond acceptors (Lipinski definition) is 5. The fourth-order valence-corrected chi connectivity index (χ4v) is 2.75. The summed E-state index contributed by atoms with van der Waals surface area (Å²) in [5, 5.41) is 29.1. The second-order valence-corrected chi connectivity index (χ2v) is 5.38. The topological polar surface area (TPSA) is 87.0 Å². The van der Waals surface area contributed by atoms with Crippen LogP contribution in [-0.4, -0.2) is 40.9 Å². The number of ether oxygens (including phenoxy) is 1. The van der Waals surface area contributed by atoms with Crippen LogP contribution in [-0.2, 0) is 17.6 Å². The highest BCUT2D eigenvalue weighted by molar-refractivity contribution is 6.12. The first kappa shape index (κ1) is 18.0. The number of hydrogen-bond donors (Lipinski definition) is 3. The van der Waals surface area contributed by atoms with Crippen LogP contribution in [0, 0.1) is 0 Å². The number of aliphatic hydroxyl groups is 1. The standard InChI is InChI=1S/C19H22O5/c1-2-14-15(8-10-24-11-9-20)18(17(22)12-16(14)21)19(23)13-6-4-3-5-7-13/h3-7,12,20-22H,2,8-11H2,1H3. The van der Waals surface area contributed by atoms with Gasteiger partial charge in [-0.25, -0.2) is 0 Å². The van der Waals surface area contributed by atoms with E-state index in [1.807, 2.05) is 13.0 Å². The molecule has 128 valence electrons. The average molecular weight is 330 g/mol. The summed E-state index contributed by atoms with van der Waals surface area (Å²) in [6.45, 7) is 2.28. The number of carbonyl (C=O) groups excluding carboxylic acids is 1. The summed E-state index contributed by atoms with van der Waals surface area (Å²) in [6.07, 6.45) is 0.884. The van der Waals surface area contributed by atoms with Crippen LogP contribution in [0.3, 0.4) is 0 Å². The van der Waals surface area contributed by atoms with E-state index in [1.54, 1.807) is 24.3 Å². The molecule has 3 N–H and O–H groups in total. The second kappa shape index (κ2) is 8.47. The normalized spacial score (nSPS) is 10.8. The molecule has 0 fully saturated rings. The van der Waals surface area contributed by atoms with Crippen LogP contribution in [0.15, 0.2) is 36.4 Å². The molecule has 5 nitrogen and oxygen atoms in total. The molecule has 0 aliphatic rings. The van der Waals surface area contributed by atoms with Crippen molar-refractivity contribution >= 4 is 5.78 Å². The Morgan fingerprint density at radius 1 is 1.04 bits per heavy atom. The predicted octanol–water partition coefficient (Wildman–Crippen LogP) is 2.44. The minimum absolute atomic E-state index is 0.0308. The number of phenols is 2. The number of phenolic OH excluding ortho intramolecular Hbond substituents is 2. The fraction of sp³-hybridized carbons (Fsp3) is 0.316. The van der Waals surface area contributed by atoms with Gasteiger partial charge < -0.3 is 20.1 Å². The van der Waals surface area contributed by atoms with Gasteiger partial charge in [-0.2, -0.15) is 0 Å². The Kier molecular flexibility index (Phi) is 6.35. The minimum Gasteiger partial charge on any atom is -0.508 e. The Morgan fingerprint density at radius 3 is 2.38 bits per heavy atom. The highest BCUT2D eigenvalue weighted by Crippen LogP contribution is 2.34. The monoisotopic (exact) mass is 330 g/mol. The van der Waals surface area contributed by atoms with Crippen molar-refractivity contribution in [3.8, 4) is 11.5 Å². The first-order chi connectivity index (χ1) is 11.6. The summed E-state index contributed by atoms with van der Waals surface area (Å²) in [6, 6.07) is 9.92. The van der Waals surface area contributed by atoms with Crippen LogP contribution in [0.25, 0.3) is 0 Å². The van der Waals surface area contributed by atoms with Gasteiger partial charge in [-0.05, 0) is 24.0 Å². The molecule has 0 heterocycles. The van der Waals surface area contributed by atoms with Crippen LogP contribution >= 0.6 is 0 Å². The van der Waals surface area contributed by atoms with Gasteiger partial charge in [0.2, 0.25) is 0 Å². The van der Waals surface area contributed by atoms with E-state index < -0.39 is 0 Å². The summed E-state index contributed by atoms with van der Waals surface area (Å²) in [5.74, 6) is -0.563. The molecule has 0 amide bonds. The number of rotatable bonds is 8. The molecule has 0 spiro atoms. The third-order valence-corrected chi connectivity index (χ3v) is 3.85. The van der Waals surface area contributed by atoms with Gasteiger partial charge in [0.1, 0.15) is 11.5 Å². The van der Waals surface area contributed by atoms with E-state index in [9.17, 15) is 15.0 Å². The van der Waals surface area contributed by atoms with Gasteiger partial charge >= 0.3 is 0 Å². The van der Waals surface area contributed by atoms with Gasteiger partial charge in [-0.15, -0.1) is 0 Å². The zero-order chi connectivity index (χ0) is 17.5. The van der Waals surface area contributed by atoms with Gasteiger partial charge in [-0.1, -0.05) is 37.3 Å². The Hall–Kier alpha value is -2.37. The van der Waals surface area contributed by atoms with Crippen LogP contribution in [0.4, 0.5) is 0 Å². The molecule has 5 heteroatoms. The maximum absolute atomic E-state index is 12.8. The van der Waals surface area contributed by atoms with E-state index in [4.69, 9.17) is 9.84 Å². The lowest BCUT2D eigenvalue weighted by atomic mass is 9.90. The minimum atomic E-state index is -0.292. The van der Waals surface area contributed by atoms with E-state index in [0.717, 1.165) is 0 Å². The van der Waals surface area contributed by atoms with Gasteiger partial charge in [0.25, 0.3) is 0 Å². The summed E-state index contributed by atoms with van der Waals surface area (Å²) in [7, 11) is 0. The molecule has 0 aromatic heterocycles. The summed E-state index contributed by atoms with van der Waals surface area (Å²) in [4.78, 5) is 12.8. The maximum atomic E-state index is 12.8. The largest absolute Gasteiger partial charge is 0.508 e. The van der Waals surface area contributed by atoms with Gasteiger partial charge in [0, 0.05) is 11.6 Å². The smallest absolute Gasteiger partial charge is 0.197 e. The highest BCUT2D eigenvalue weighted by Gasteiger charge is 2.22. The molecular weight excluding hydrogens is 308 g/mol. The molecular formula is C19H22O5. The fourth-order valence-electron chi connectivity index (χ4n) is 2.75. The van der Waals surface area contributed by atoms with Crippen LogP contribution in [0.1, 0.15) is 34.0 Å². The molecule has 0 radical (unpaired) electrons. The molecule has 0 unspecified atom stereocenters. The van der Waals surface area contributed by atoms with Gasteiger partial charge in [0.05, 0.1) is 25.4 Å². The number of aliphatic hydroxyl groups excluding tert-OH is 1. The molecule has 24 heavy (non-hydrogen) atoms. The first-order valence-corrected chi connectivity index (χ1v) is 7.95. The molecule has 2 aromatic carbocycles. The number of ketones is 1. The van der Waals surface area contributed by atoms with Crippen LogP contribution in [0.5, 0.6) is 11.5 Å². The molecule has 0 aliphatic heterocycles. The van der Waals surface area contributed by atoms with E-state index in [2.05, 4.69) is 0 Å². The molecule has 0 saturated heterocycles. The molecule has 0 atom stereocenters. The zero-order valence-electron chi connectivity index (χ0n) is 13.7. The van der Waals surface area contributed by atoms with Crippen LogP contribution in [0.2, 0.25) is 0 Å². The van der Waals surface area contributed by atoms with Crippen molar-refractivity contribution in [1.82, 2.24) is 0 Å². The Balaban J connectivity index is 2.46. The lowest BCUT2D eigenvalue weighted by Gasteiger charge is -2.17. The van der Waals surface area contributed by atoms with E-state index in [-0.39, 0.29) is 42.7 Å². The number of carbonyl (C=O) groups is 1. The van der Waals surface area contributed by atoms with Gasteiger partial charge in [0.15, 0.2) is 5.78 Å². The average Bonchev–Trinajstić information content (AvgIpc) is 2.59. The van der Waals surface area contributed by atoms with Crippen molar-refractivity contribution in [3.63, 3.8) is 0 Å². The maximum Gasteiger partial charge on any atom is 0.197 e. The summed E-state index contributed by atoms with van der Waals surface area (Å²) >= 11 is 0. The van der Waals surface area contributed by atoms with E-state index in [1.165, 1.54) is 6.07 Å². The quantitative estimate of drug-likeness (QED) is 0.511. The SMILES string of the molecule is CCc1c(O)cc(O)c(C(=O)c2ccccc2)c1CCOCCO. The first-order valence-electron chi connectivity index (χ1n) is 7.95. The van der Waals surface area contributed by atoms with Crippen molar-refractivity contribution in [2.24, 2.45) is 0 Å². The third-order valence-electron chi connectivity index (χ3n) is 3.85. The Morgan fingerprint density at radius 2 is 1.75 bits per heavy atom. The highest BCUT2D eigenvalue weighted by atomic mass is 16.5. The summed E-state index contributed by atoms with van der Waals surface area (Å²) < 4.78 is 5.28. The summed E-state index contributed by atoms with van der Waals surface area (Å²) in [5.41, 5.74) is 1.88. The van der Waals surface area contributed by atoms with E-state index >= 15 is 0 Å². The van der Waals surface area contributed by atoms with Crippen molar-refractivity contribution in [2.75, 3.05) is 19.8 Å². The second-order valence-electron chi connectivity index (χ2n) is 5.38. The van der Waals surface area contributed by atoms with Gasteiger partial charge in [-0.3, -0.25) is 4.79 Å². The van der Waals surface area contributed by atoms with E-state index in [0.29, 0.717) is 29.5 Å². The number of benzene rings is 2. The number of aromatic hydroxyl groups is 2. The predicted molar refractivity (Wildman–Crippen MR) is 90.6 cm³/mol. The third kappa shape index (κ3) is 3.93. The molecule has 0 saturated carbocycles. The zero-order valence-corrected chi connectivity index (χ0v) is 13.7. The Labute approximate surface area is 141 Å². The van der Waals surface area contributed by atoms with Crippen molar-refractivity contribution in [3.05, 3.63) is 58.7 Å². The molecule has 0 aliphatic carbocycles.